The van der Waals surface area contributed by atoms with Crippen LogP contribution >= 0.6 is 0 Å². The van der Waals surface area contributed by atoms with Crippen LogP contribution in [0, 0.1) is 10.1 Å². The fraction of sp³-hybridized carbons (Fsp3) is 0.452. The quantitative estimate of drug-likeness (QED) is 0.0732. The molecule has 0 radical (unpaired) electrons. The molecule has 0 spiro atoms. The smallest absolute Gasteiger partial charge is 0.334 e. The van der Waals surface area contributed by atoms with Crippen LogP contribution in [0.1, 0.15) is 69.5 Å². The molecule has 0 aliphatic rings. The van der Waals surface area contributed by atoms with Crippen molar-refractivity contribution in [3.8, 4) is 17.0 Å². The normalized spacial score (nSPS) is 11.8. The number of esters is 1. The first kappa shape index (κ1) is 31.5. The van der Waals surface area contributed by atoms with Gasteiger partial charge >= 0.3 is 5.97 Å². The number of anilines is 1. The number of aliphatic hydroxyl groups is 1. The molecule has 3 aromatic rings. The second kappa shape index (κ2) is 16.3. The van der Waals surface area contributed by atoms with E-state index in [9.17, 15) is 25.1 Å². The fourth-order valence-electron chi connectivity index (χ4n) is 4.91. The van der Waals surface area contributed by atoms with Gasteiger partial charge in [0, 0.05) is 35.6 Å². The molecule has 0 aliphatic carbocycles. The number of unbranched alkanes of at least 4 members (excludes halogenated alkanes) is 3. The summed E-state index contributed by atoms with van der Waals surface area (Å²) in [4.78, 5) is 26.3. The van der Waals surface area contributed by atoms with Crippen molar-refractivity contribution in [1.29, 1.82) is 0 Å². The van der Waals surface area contributed by atoms with Gasteiger partial charge in [-0.2, -0.15) is 0 Å². The fourth-order valence-corrected chi connectivity index (χ4v) is 4.91. The first-order chi connectivity index (χ1) is 19.8. The van der Waals surface area contributed by atoms with E-state index in [2.05, 4.69) is 24.0 Å². The lowest BCUT2D eigenvalue weighted by atomic mass is 9.98. The number of rotatable bonds is 18. The average Bonchev–Trinajstić information content (AvgIpc) is 3.25. The number of aromatic hydroxyl groups is 1. The molecule has 0 bridgehead atoms. The summed E-state index contributed by atoms with van der Waals surface area (Å²) < 4.78 is 7.05. The molecule has 10 nitrogen and oxygen atoms in total. The van der Waals surface area contributed by atoms with Crippen molar-refractivity contribution in [1.82, 2.24) is 4.57 Å². The highest BCUT2D eigenvalue weighted by molar-refractivity contribution is 5.75. The molecule has 1 unspecified atom stereocenters. The highest BCUT2D eigenvalue weighted by atomic mass is 16.9. The number of ether oxygens (including phenoxy) is 1. The topological polar surface area (TPSA) is 136 Å². The van der Waals surface area contributed by atoms with Gasteiger partial charge < -0.3 is 29.7 Å². The monoisotopic (exact) mass is 567 g/mol. The van der Waals surface area contributed by atoms with Crippen molar-refractivity contribution in [3.05, 3.63) is 82.0 Å². The highest BCUT2D eigenvalue weighted by Gasteiger charge is 2.25. The minimum absolute atomic E-state index is 0.0551. The van der Waals surface area contributed by atoms with Crippen LogP contribution in [0.2, 0.25) is 0 Å². The maximum Gasteiger partial charge on any atom is 0.334 e. The number of nitrogens with one attached hydrogen (secondary N) is 1. The van der Waals surface area contributed by atoms with Crippen LogP contribution in [0.4, 0.5) is 5.69 Å². The zero-order chi connectivity index (χ0) is 29.6. The van der Waals surface area contributed by atoms with Crippen molar-refractivity contribution in [2.45, 2.75) is 77.5 Å². The van der Waals surface area contributed by atoms with Crippen molar-refractivity contribution >= 4 is 11.7 Å². The van der Waals surface area contributed by atoms with Crippen molar-refractivity contribution in [2.75, 3.05) is 18.5 Å². The summed E-state index contributed by atoms with van der Waals surface area (Å²) >= 11 is 0. The van der Waals surface area contributed by atoms with Gasteiger partial charge in [-0.05, 0) is 49.3 Å². The average molecular weight is 568 g/mol. The number of aliphatic hydroxyl groups excluding tert-OH is 1. The molecule has 0 aliphatic heterocycles. The Morgan fingerprint density at radius 1 is 0.976 bits per heavy atom. The third kappa shape index (κ3) is 9.53. The lowest BCUT2D eigenvalue weighted by Gasteiger charge is -2.16. The minimum atomic E-state index is -1.21. The van der Waals surface area contributed by atoms with Crippen LogP contribution in [0.25, 0.3) is 11.1 Å². The number of benzene rings is 2. The molecule has 0 fully saturated rings. The van der Waals surface area contributed by atoms with E-state index in [1.807, 2.05) is 65.2 Å². The molecule has 3 N–H and O–H groups in total. The van der Waals surface area contributed by atoms with E-state index >= 15 is 0 Å². The number of carbonyl (C=O) groups excluding carboxylic acids is 1. The molecule has 0 saturated heterocycles. The van der Waals surface area contributed by atoms with Crippen LogP contribution in [0.3, 0.4) is 0 Å². The van der Waals surface area contributed by atoms with E-state index in [0.717, 1.165) is 40.9 Å². The first-order valence-corrected chi connectivity index (χ1v) is 14.2. The predicted octanol–water partition coefficient (Wildman–Crippen LogP) is 6.05. The zero-order valence-corrected chi connectivity index (χ0v) is 23.8. The second-order valence-corrected chi connectivity index (χ2v) is 10.3. The SMILES string of the molecule is CC(C)c1c(CNc2ccccc2)c(-c2ccccc2)c(O)n1CCCCCC(O)C(=O)OCCCCO[N+](=O)[O-]. The molecule has 1 aromatic heterocycles. The number of hydrogen-bond donors (Lipinski definition) is 3. The highest BCUT2D eigenvalue weighted by Crippen LogP contribution is 2.41. The standard InChI is InChI=1S/C31H41N3O7/c1-23(2)29-26(22-32-25-16-8-4-9-17-25)28(24-14-6-3-7-15-24)30(36)33(29)19-11-5-10-18-27(35)31(37)40-20-12-13-21-41-34(38)39/h3-4,6-9,14-17,23,27,32,35-36H,5,10-13,18-22H2,1-2H3. The van der Waals surface area contributed by atoms with Gasteiger partial charge in [-0.3, -0.25) is 0 Å². The molecule has 41 heavy (non-hydrogen) atoms. The summed E-state index contributed by atoms with van der Waals surface area (Å²) in [6.07, 6.45) is 2.01. The number of para-hydroxylation sites is 1. The van der Waals surface area contributed by atoms with E-state index in [-0.39, 0.29) is 31.4 Å². The number of aromatic nitrogens is 1. The largest absolute Gasteiger partial charge is 0.494 e. The van der Waals surface area contributed by atoms with E-state index in [1.54, 1.807) is 0 Å². The Kier molecular flexibility index (Phi) is 12.5. The molecule has 1 heterocycles. The maximum atomic E-state index is 12.0. The summed E-state index contributed by atoms with van der Waals surface area (Å²) in [5, 5.41) is 34.4. The van der Waals surface area contributed by atoms with E-state index in [0.29, 0.717) is 32.4 Å². The lowest BCUT2D eigenvalue weighted by Crippen LogP contribution is -2.23. The van der Waals surface area contributed by atoms with E-state index in [1.165, 1.54) is 0 Å². The first-order valence-electron chi connectivity index (χ1n) is 14.2. The Labute approximate surface area is 241 Å². The Morgan fingerprint density at radius 3 is 2.29 bits per heavy atom. The summed E-state index contributed by atoms with van der Waals surface area (Å²) in [5.41, 5.74) is 4.95. The minimum Gasteiger partial charge on any atom is -0.494 e. The Hall–Kier alpha value is -4.05. The molecule has 10 heteroatoms. The van der Waals surface area contributed by atoms with Crippen LogP contribution < -0.4 is 5.32 Å². The van der Waals surface area contributed by atoms with Crippen molar-refractivity contribution < 1.29 is 29.7 Å². The molecule has 3 rings (SSSR count). The predicted molar refractivity (Wildman–Crippen MR) is 157 cm³/mol. The van der Waals surface area contributed by atoms with Crippen molar-refractivity contribution in [2.24, 2.45) is 0 Å². The van der Waals surface area contributed by atoms with Gasteiger partial charge in [-0.15, -0.1) is 10.1 Å². The van der Waals surface area contributed by atoms with Crippen LogP contribution in [-0.2, 0) is 27.5 Å². The summed E-state index contributed by atoms with van der Waals surface area (Å²) in [6.45, 7) is 5.46. The molecular formula is C31H41N3O7. The van der Waals surface area contributed by atoms with Gasteiger partial charge in [-0.1, -0.05) is 75.2 Å². The molecule has 1 atom stereocenters. The van der Waals surface area contributed by atoms with Gasteiger partial charge in [-0.25, -0.2) is 4.79 Å². The van der Waals surface area contributed by atoms with Gasteiger partial charge in [0.05, 0.1) is 13.2 Å². The zero-order valence-electron chi connectivity index (χ0n) is 23.8. The summed E-state index contributed by atoms with van der Waals surface area (Å²) in [7, 11) is 0. The van der Waals surface area contributed by atoms with Gasteiger partial charge in [0.25, 0.3) is 5.09 Å². The maximum absolute atomic E-state index is 12.0. The Bertz CT molecular complexity index is 1230. The number of hydrogen-bond acceptors (Lipinski definition) is 8. The number of nitrogens with zero attached hydrogens (tertiary/aromatic N) is 2. The van der Waals surface area contributed by atoms with Gasteiger partial charge in [0.15, 0.2) is 12.0 Å². The van der Waals surface area contributed by atoms with Crippen molar-refractivity contribution in [3.63, 3.8) is 0 Å². The molecule has 2 aromatic carbocycles. The summed E-state index contributed by atoms with van der Waals surface area (Å²) in [5.74, 6) is -0.265. The molecule has 0 amide bonds. The molecular weight excluding hydrogens is 526 g/mol. The van der Waals surface area contributed by atoms with Crippen LogP contribution in [0.15, 0.2) is 60.7 Å². The van der Waals surface area contributed by atoms with Gasteiger partial charge in [0.2, 0.25) is 0 Å². The third-order valence-corrected chi connectivity index (χ3v) is 6.84. The second-order valence-electron chi connectivity index (χ2n) is 10.3. The Balaban J connectivity index is 1.59. The summed E-state index contributed by atoms with van der Waals surface area (Å²) in [6, 6.07) is 19.9. The number of carbonyl (C=O) groups is 1. The van der Waals surface area contributed by atoms with Crippen LogP contribution in [-0.4, -0.2) is 45.2 Å². The Morgan fingerprint density at radius 2 is 1.63 bits per heavy atom. The molecule has 222 valence electrons. The van der Waals surface area contributed by atoms with E-state index < -0.39 is 17.2 Å². The van der Waals surface area contributed by atoms with Gasteiger partial charge in [0.1, 0.15) is 0 Å². The molecule has 0 saturated carbocycles. The van der Waals surface area contributed by atoms with Crippen LogP contribution in [0.5, 0.6) is 5.88 Å². The lowest BCUT2D eigenvalue weighted by molar-refractivity contribution is -0.757. The third-order valence-electron chi connectivity index (χ3n) is 6.84. The van der Waals surface area contributed by atoms with E-state index in [4.69, 9.17) is 4.74 Å².